The van der Waals surface area contributed by atoms with Gasteiger partial charge in [0.15, 0.2) is 5.96 Å². The summed E-state index contributed by atoms with van der Waals surface area (Å²) in [5.74, 6) is 0.731. The molecule has 23 heavy (non-hydrogen) atoms. The zero-order valence-electron chi connectivity index (χ0n) is 13.5. The molecule has 0 amide bonds. The molecule has 9 heteroatoms. The molecule has 7 nitrogen and oxygen atoms in total. The Labute approximate surface area is 143 Å². The topological polar surface area (TPSA) is 95.5 Å². The van der Waals surface area contributed by atoms with E-state index in [1.165, 1.54) is 0 Å². The van der Waals surface area contributed by atoms with Crippen molar-refractivity contribution in [1.82, 2.24) is 20.3 Å². The van der Waals surface area contributed by atoms with Gasteiger partial charge in [0.2, 0.25) is 10.0 Å². The second-order valence-electron chi connectivity index (χ2n) is 4.72. The van der Waals surface area contributed by atoms with Crippen molar-refractivity contribution in [3.8, 4) is 0 Å². The number of aliphatic imine (C=N–C) groups is 1. The number of guanidine groups is 1. The number of sulfonamides is 1. The number of nitrogens with one attached hydrogen (secondary N) is 3. The maximum atomic E-state index is 11.3. The van der Waals surface area contributed by atoms with Crippen LogP contribution in [0.5, 0.6) is 0 Å². The van der Waals surface area contributed by atoms with Crippen molar-refractivity contribution in [3.05, 3.63) is 29.0 Å². The lowest BCUT2D eigenvalue weighted by molar-refractivity contribution is 0.583. The minimum atomic E-state index is -3.16. The molecule has 130 valence electrons. The van der Waals surface area contributed by atoms with Crippen LogP contribution in [0, 0.1) is 0 Å². The average Bonchev–Trinajstić information content (AvgIpc) is 2.53. The molecule has 0 saturated carbocycles. The smallest absolute Gasteiger partial charge is 0.211 e. The van der Waals surface area contributed by atoms with Gasteiger partial charge in [0.05, 0.1) is 12.3 Å². The Hall–Kier alpha value is -1.38. The molecule has 0 aliphatic rings. The number of halogens is 1. The lowest BCUT2D eigenvalue weighted by atomic mass is 10.2. The van der Waals surface area contributed by atoms with Crippen molar-refractivity contribution >= 4 is 27.6 Å². The third kappa shape index (κ3) is 8.73. The maximum absolute atomic E-state index is 11.3. The summed E-state index contributed by atoms with van der Waals surface area (Å²) >= 11 is 5.75. The van der Waals surface area contributed by atoms with Crippen LogP contribution >= 0.6 is 11.6 Å². The Morgan fingerprint density at radius 1 is 1.26 bits per heavy atom. The van der Waals surface area contributed by atoms with Crippen molar-refractivity contribution in [2.75, 3.05) is 31.9 Å². The zero-order chi connectivity index (χ0) is 17.1. The highest BCUT2D eigenvalue weighted by atomic mass is 35.5. The van der Waals surface area contributed by atoms with E-state index in [1.807, 2.05) is 13.0 Å². The number of aromatic nitrogens is 1. The Morgan fingerprint density at radius 2 is 2.04 bits per heavy atom. The first-order valence-electron chi connectivity index (χ1n) is 7.56. The molecule has 0 unspecified atom stereocenters. The summed E-state index contributed by atoms with van der Waals surface area (Å²) in [6.07, 6.45) is 2.53. The lowest BCUT2D eigenvalue weighted by Gasteiger charge is -2.11. The maximum Gasteiger partial charge on any atom is 0.211 e. The number of rotatable bonds is 9. The predicted molar refractivity (Wildman–Crippen MR) is 94.4 cm³/mol. The second kappa shape index (κ2) is 10.4. The van der Waals surface area contributed by atoms with E-state index in [2.05, 4.69) is 25.3 Å². The molecule has 3 N–H and O–H groups in total. The molecule has 1 rings (SSSR count). The van der Waals surface area contributed by atoms with Crippen LogP contribution in [0.3, 0.4) is 0 Å². The van der Waals surface area contributed by atoms with Crippen molar-refractivity contribution in [3.63, 3.8) is 0 Å². The predicted octanol–water partition coefficient (Wildman–Crippen LogP) is 0.772. The minimum Gasteiger partial charge on any atom is -0.357 e. The summed E-state index contributed by atoms with van der Waals surface area (Å²) in [5.41, 5.74) is 1.08. The van der Waals surface area contributed by atoms with Crippen molar-refractivity contribution in [1.29, 1.82) is 0 Å². The van der Waals surface area contributed by atoms with Gasteiger partial charge in [-0.05, 0) is 31.9 Å². The van der Waals surface area contributed by atoms with Crippen LogP contribution in [-0.2, 0) is 16.4 Å². The van der Waals surface area contributed by atoms with Crippen LogP contribution in [0.1, 0.15) is 19.4 Å². The first kappa shape index (κ1) is 19.7. The van der Waals surface area contributed by atoms with Crippen LogP contribution in [0.15, 0.2) is 23.3 Å². The van der Waals surface area contributed by atoms with Gasteiger partial charge in [-0.15, -0.1) is 0 Å². The van der Waals surface area contributed by atoms with Crippen LogP contribution in [0.2, 0.25) is 5.15 Å². The van der Waals surface area contributed by atoms with Crippen LogP contribution in [0.4, 0.5) is 0 Å². The third-order valence-corrected chi connectivity index (χ3v) is 4.55. The van der Waals surface area contributed by atoms with E-state index < -0.39 is 10.0 Å². The van der Waals surface area contributed by atoms with Gasteiger partial charge in [0, 0.05) is 25.8 Å². The van der Waals surface area contributed by atoms with Crippen LogP contribution in [-0.4, -0.2) is 51.3 Å². The highest BCUT2D eigenvalue weighted by Crippen LogP contribution is 2.05. The Balaban J connectivity index is 2.38. The fraction of sp³-hybridized carbons (Fsp3) is 0.571. The molecule has 0 aromatic carbocycles. The van der Waals surface area contributed by atoms with E-state index in [9.17, 15) is 8.42 Å². The molecule has 1 heterocycles. The van der Waals surface area contributed by atoms with Crippen molar-refractivity contribution < 1.29 is 8.42 Å². The summed E-state index contributed by atoms with van der Waals surface area (Å²) in [6, 6.07) is 3.69. The van der Waals surface area contributed by atoms with Crippen LogP contribution < -0.4 is 15.4 Å². The Bertz CT molecular complexity index is 590. The number of hydrogen-bond acceptors (Lipinski definition) is 4. The standard InChI is InChI=1S/C14H24ClN5O2S/c1-3-16-14(18-9-10-20-23(21,22)4-2)17-8-7-12-5-6-13(15)19-11-12/h5-6,11,20H,3-4,7-10H2,1-2H3,(H2,16,17,18). The molecule has 0 fully saturated rings. The molecule has 0 bridgehead atoms. The van der Waals surface area contributed by atoms with Gasteiger partial charge in [0.25, 0.3) is 0 Å². The van der Waals surface area contributed by atoms with E-state index in [1.54, 1.807) is 19.2 Å². The molecular weight excluding hydrogens is 338 g/mol. The number of hydrogen-bond donors (Lipinski definition) is 3. The molecule has 0 aliphatic heterocycles. The largest absolute Gasteiger partial charge is 0.357 e. The van der Waals surface area contributed by atoms with Gasteiger partial charge >= 0.3 is 0 Å². The van der Waals surface area contributed by atoms with E-state index in [-0.39, 0.29) is 12.3 Å². The van der Waals surface area contributed by atoms with Crippen molar-refractivity contribution in [2.24, 2.45) is 4.99 Å². The van der Waals surface area contributed by atoms with E-state index >= 15 is 0 Å². The SMILES string of the molecule is CCNC(=NCCNS(=O)(=O)CC)NCCc1ccc(Cl)nc1. The summed E-state index contributed by atoms with van der Waals surface area (Å²) in [4.78, 5) is 8.36. The molecule has 0 saturated heterocycles. The number of nitrogens with zero attached hydrogens (tertiary/aromatic N) is 2. The van der Waals surface area contributed by atoms with Gasteiger partial charge in [-0.2, -0.15) is 0 Å². The van der Waals surface area contributed by atoms with E-state index in [4.69, 9.17) is 11.6 Å². The molecule has 0 aliphatic carbocycles. The number of pyridine rings is 1. The van der Waals surface area contributed by atoms with Gasteiger partial charge in [-0.3, -0.25) is 4.99 Å². The van der Waals surface area contributed by atoms with E-state index in [0.717, 1.165) is 18.5 Å². The molecule has 0 radical (unpaired) electrons. The molecule has 0 spiro atoms. The highest BCUT2D eigenvalue weighted by molar-refractivity contribution is 7.89. The van der Waals surface area contributed by atoms with Gasteiger partial charge in [0.1, 0.15) is 5.15 Å². The van der Waals surface area contributed by atoms with Gasteiger partial charge < -0.3 is 10.6 Å². The van der Waals surface area contributed by atoms with Crippen LogP contribution in [0.25, 0.3) is 0 Å². The van der Waals surface area contributed by atoms with Gasteiger partial charge in [-0.25, -0.2) is 18.1 Å². The monoisotopic (exact) mass is 361 g/mol. The third-order valence-electron chi connectivity index (χ3n) is 2.92. The van der Waals surface area contributed by atoms with Crippen molar-refractivity contribution in [2.45, 2.75) is 20.3 Å². The van der Waals surface area contributed by atoms with Gasteiger partial charge in [-0.1, -0.05) is 17.7 Å². The molecular formula is C14H24ClN5O2S. The fourth-order valence-electron chi connectivity index (χ4n) is 1.69. The minimum absolute atomic E-state index is 0.0736. The summed E-state index contributed by atoms with van der Waals surface area (Å²) in [6.45, 7) is 5.65. The average molecular weight is 362 g/mol. The first-order chi connectivity index (χ1) is 11.0. The van der Waals surface area contributed by atoms with E-state index in [0.29, 0.717) is 24.2 Å². The Kier molecular flexibility index (Phi) is 8.90. The first-order valence-corrected chi connectivity index (χ1v) is 9.59. The zero-order valence-corrected chi connectivity index (χ0v) is 15.0. The summed E-state index contributed by atoms with van der Waals surface area (Å²) < 4.78 is 25.1. The quantitative estimate of drug-likeness (QED) is 0.261. The fourth-order valence-corrected chi connectivity index (χ4v) is 2.41. The Morgan fingerprint density at radius 3 is 2.65 bits per heavy atom. The second-order valence-corrected chi connectivity index (χ2v) is 7.21. The lowest BCUT2D eigenvalue weighted by Crippen LogP contribution is -2.39. The molecule has 1 aromatic heterocycles. The molecule has 0 atom stereocenters. The summed E-state index contributed by atoms with van der Waals surface area (Å²) in [5, 5.41) is 6.79. The molecule has 1 aromatic rings. The summed E-state index contributed by atoms with van der Waals surface area (Å²) in [7, 11) is -3.16. The normalized spacial score (nSPS) is 12.2. The highest BCUT2D eigenvalue weighted by Gasteiger charge is 2.04.